The van der Waals surface area contributed by atoms with Crippen LogP contribution >= 0.6 is 11.8 Å². The van der Waals surface area contributed by atoms with Crippen LogP contribution in [0.2, 0.25) is 0 Å². The summed E-state index contributed by atoms with van der Waals surface area (Å²) >= 11 is 1.41. The molecule has 0 fully saturated rings. The number of hydrogen-bond donors (Lipinski definition) is 2. The van der Waals surface area contributed by atoms with Crippen LogP contribution in [0.15, 0.2) is 51.8 Å². The van der Waals surface area contributed by atoms with Crippen LogP contribution in [0.3, 0.4) is 0 Å². The Bertz CT molecular complexity index is 705. The highest BCUT2D eigenvalue weighted by atomic mass is 32.2. The molecule has 1 aromatic carbocycles. The van der Waals surface area contributed by atoms with E-state index < -0.39 is 5.91 Å². The number of amides is 2. The zero-order valence-corrected chi connectivity index (χ0v) is 13.8. The third-order valence-corrected chi connectivity index (χ3v) is 3.89. The predicted molar refractivity (Wildman–Crippen MR) is 90.7 cm³/mol. The third kappa shape index (κ3) is 6.04. The van der Waals surface area contributed by atoms with Crippen LogP contribution in [-0.2, 0) is 9.59 Å². The molecule has 1 heterocycles. The fourth-order valence-corrected chi connectivity index (χ4v) is 2.39. The van der Waals surface area contributed by atoms with Gasteiger partial charge in [-0.25, -0.2) is 0 Å². The first-order valence-electron chi connectivity index (χ1n) is 7.06. The maximum Gasteiger partial charge on any atom is 0.262 e. The van der Waals surface area contributed by atoms with Crippen LogP contribution < -0.4 is 10.9 Å². The number of nitrogens with one attached hydrogen (secondary N) is 2. The Hall–Kier alpha value is -2.47. The van der Waals surface area contributed by atoms with Crippen molar-refractivity contribution in [2.45, 2.75) is 18.7 Å². The molecule has 5 nitrogen and oxygen atoms in total. The zero-order valence-electron chi connectivity index (χ0n) is 13.0. The molecule has 2 amide bonds. The van der Waals surface area contributed by atoms with E-state index in [1.807, 2.05) is 44.2 Å². The van der Waals surface area contributed by atoms with Gasteiger partial charge in [-0.1, -0.05) is 17.7 Å². The fraction of sp³-hybridized carbons (Fsp3) is 0.176. The average Bonchev–Trinajstić information content (AvgIpc) is 2.96. The maximum absolute atomic E-state index is 11.7. The molecule has 0 bridgehead atoms. The van der Waals surface area contributed by atoms with E-state index in [2.05, 4.69) is 10.9 Å². The van der Waals surface area contributed by atoms with E-state index in [1.165, 1.54) is 29.5 Å². The number of aryl methyl sites for hydroxylation is 2. The first kappa shape index (κ1) is 16.9. The molecular weight excluding hydrogens is 312 g/mol. The van der Waals surface area contributed by atoms with Crippen LogP contribution in [0.4, 0.5) is 0 Å². The van der Waals surface area contributed by atoms with Gasteiger partial charge in [-0.3, -0.25) is 20.4 Å². The number of carbonyl (C=O) groups excluding carboxylic acids is 2. The molecule has 6 heteroatoms. The third-order valence-electron chi connectivity index (χ3n) is 2.88. The van der Waals surface area contributed by atoms with Crippen molar-refractivity contribution in [3.63, 3.8) is 0 Å². The Kier molecular flexibility index (Phi) is 6.05. The van der Waals surface area contributed by atoms with E-state index in [4.69, 9.17) is 4.42 Å². The van der Waals surface area contributed by atoms with Gasteiger partial charge < -0.3 is 4.42 Å². The van der Waals surface area contributed by atoms with Crippen molar-refractivity contribution in [2.75, 3.05) is 5.75 Å². The van der Waals surface area contributed by atoms with Gasteiger partial charge in [0.1, 0.15) is 11.5 Å². The molecule has 0 saturated heterocycles. The molecule has 2 aromatic rings. The highest BCUT2D eigenvalue weighted by Gasteiger charge is 2.04. The Morgan fingerprint density at radius 3 is 2.48 bits per heavy atom. The van der Waals surface area contributed by atoms with Gasteiger partial charge in [-0.05, 0) is 44.2 Å². The van der Waals surface area contributed by atoms with Crippen LogP contribution in [0, 0.1) is 13.8 Å². The lowest BCUT2D eigenvalue weighted by atomic mass is 10.2. The first-order valence-corrected chi connectivity index (χ1v) is 8.04. The van der Waals surface area contributed by atoms with Gasteiger partial charge in [0.2, 0.25) is 5.91 Å². The largest absolute Gasteiger partial charge is 0.462 e. The Morgan fingerprint density at radius 2 is 1.83 bits per heavy atom. The fourth-order valence-electron chi connectivity index (χ4n) is 1.69. The second-order valence-corrected chi connectivity index (χ2v) is 5.97. The first-order chi connectivity index (χ1) is 11.0. The smallest absolute Gasteiger partial charge is 0.262 e. The van der Waals surface area contributed by atoms with Gasteiger partial charge in [0.05, 0.1) is 5.75 Å². The van der Waals surface area contributed by atoms with Crippen LogP contribution in [-0.4, -0.2) is 17.6 Å². The van der Waals surface area contributed by atoms with Crippen molar-refractivity contribution in [1.82, 2.24) is 10.9 Å². The molecule has 23 heavy (non-hydrogen) atoms. The summed E-state index contributed by atoms with van der Waals surface area (Å²) in [4.78, 5) is 24.3. The van der Waals surface area contributed by atoms with Gasteiger partial charge in [0.25, 0.3) is 5.91 Å². The van der Waals surface area contributed by atoms with Gasteiger partial charge in [-0.2, -0.15) is 0 Å². The zero-order chi connectivity index (χ0) is 16.7. The number of furan rings is 1. The summed E-state index contributed by atoms with van der Waals surface area (Å²) in [6.07, 6.45) is 2.83. The Morgan fingerprint density at radius 1 is 1.09 bits per heavy atom. The minimum atomic E-state index is -0.423. The number of hydrazine groups is 1. The number of rotatable bonds is 5. The number of carbonyl (C=O) groups is 2. The predicted octanol–water partition coefficient (Wildman–Crippen LogP) is 2.85. The lowest BCUT2D eigenvalue weighted by Crippen LogP contribution is -2.41. The topological polar surface area (TPSA) is 71.3 Å². The maximum atomic E-state index is 11.7. The number of thioether (sulfide) groups is 1. The van der Waals surface area contributed by atoms with E-state index in [9.17, 15) is 9.59 Å². The molecular formula is C17H18N2O3S. The summed E-state index contributed by atoms with van der Waals surface area (Å²) in [5.41, 5.74) is 5.86. The number of benzene rings is 1. The average molecular weight is 330 g/mol. The summed E-state index contributed by atoms with van der Waals surface area (Å²) in [6, 6.07) is 11.5. The molecule has 2 N–H and O–H groups in total. The summed E-state index contributed by atoms with van der Waals surface area (Å²) in [6.45, 7) is 3.83. The van der Waals surface area contributed by atoms with Crippen molar-refractivity contribution >= 4 is 29.7 Å². The van der Waals surface area contributed by atoms with Gasteiger partial charge in [0, 0.05) is 11.0 Å². The van der Waals surface area contributed by atoms with E-state index in [0.717, 1.165) is 10.7 Å². The molecule has 0 saturated carbocycles. The van der Waals surface area contributed by atoms with E-state index in [0.29, 0.717) is 5.76 Å². The van der Waals surface area contributed by atoms with Crippen LogP contribution in [0.1, 0.15) is 17.1 Å². The molecule has 0 aliphatic rings. The number of hydrogen-bond acceptors (Lipinski definition) is 4. The summed E-state index contributed by atoms with van der Waals surface area (Å²) in [5, 5.41) is 0. The van der Waals surface area contributed by atoms with Crippen LogP contribution in [0.5, 0.6) is 0 Å². The van der Waals surface area contributed by atoms with Crippen molar-refractivity contribution < 1.29 is 14.0 Å². The molecule has 2 rings (SSSR count). The highest BCUT2D eigenvalue weighted by molar-refractivity contribution is 8.00. The minimum absolute atomic E-state index is 0.227. The van der Waals surface area contributed by atoms with Crippen molar-refractivity contribution in [3.05, 3.63) is 59.6 Å². The molecule has 0 aliphatic carbocycles. The lowest BCUT2D eigenvalue weighted by Gasteiger charge is -2.05. The van der Waals surface area contributed by atoms with Crippen molar-refractivity contribution in [3.8, 4) is 0 Å². The molecule has 0 aliphatic heterocycles. The van der Waals surface area contributed by atoms with E-state index in [1.54, 1.807) is 6.07 Å². The van der Waals surface area contributed by atoms with Crippen LogP contribution in [0.25, 0.3) is 6.08 Å². The second-order valence-electron chi connectivity index (χ2n) is 4.92. The van der Waals surface area contributed by atoms with E-state index >= 15 is 0 Å². The van der Waals surface area contributed by atoms with Gasteiger partial charge >= 0.3 is 0 Å². The Balaban J connectivity index is 1.70. The molecule has 1 aromatic heterocycles. The summed E-state index contributed by atoms with van der Waals surface area (Å²) in [5.74, 6) is 0.883. The Labute approximate surface area is 139 Å². The van der Waals surface area contributed by atoms with Gasteiger partial charge in [-0.15, -0.1) is 11.8 Å². The molecule has 120 valence electrons. The van der Waals surface area contributed by atoms with E-state index in [-0.39, 0.29) is 11.7 Å². The highest BCUT2D eigenvalue weighted by Crippen LogP contribution is 2.17. The summed E-state index contributed by atoms with van der Waals surface area (Å²) in [7, 11) is 0. The molecule has 0 spiro atoms. The standard InChI is InChI=1S/C17H18N2O3S/c1-12-3-8-15(9-4-12)23-11-17(21)19-18-16(20)10-7-14-6-5-13(2)22-14/h3-10H,11H2,1-2H3,(H,18,20)(H,19,21)/b10-7+. The summed E-state index contributed by atoms with van der Waals surface area (Å²) < 4.78 is 5.30. The van der Waals surface area contributed by atoms with Gasteiger partial charge in [0.15, 0.2) is 0 Å². The monoisotopic (exact) mass is 330 g/mol. The van der Waals surface area contributed by atoms with Crippen molar-refractivity contribution in [2.24, 2.45) is 0 Å². The molecule has 0 radical (unpaired) electrons. The second kappa shape index (κ2) is 8.24. The van der Waals surface area contributed by atoms with Crippen molar-refractivity contribution in [1.29, 1.82) is 0 Å². The minimum Gasteiger partial charge on any atom is -0.462 e. The normalized spacial score (nSPS) is 10.7. The quantitative estimate of drug-likeness (QED) is 0.502. The SMILES string of the molecule is Cc1ccc(SCC(=O)NNC(=O)/C=C/c2ccc(C)o2)cc1. The lowest BCUT2D eigenvalue weighted by molar-refractivity contribution is -0.125. The molecule has 0 unspecified atom stereocenters. The molecule has 0 atom stereocenters.